The van der Waals surface area contributed by atoms with Crippen LogP contribution in [-0.2, 0) is 11.4 Å². The average Bonchev–Trinajstić information content (AvgIpc) is 2.52. The van der Waals surface area contributed by atoms with Crippen molar-refractivity contribution in [2.24, 2.45) is 5.16 Å². The molecule has 0 saturated heterocycles. The molecule has 0 unspecified atom stereocenters. The lowest BCUT2D eigenvalue weighted by Gasteiger charge is -2.15. The molecule has 0 bridgehead atoms. The molecule has 0 fully saturated rings. The van der Waals surface area contributed by atoms with E-state index in [9.17, 15) is 5.11 Å². The molecule has 0 atom stereocenters. The maximum atomic E-state index is 9.72. The van der Waals surface area contributed by atoms with Crippen molar-refractivity contribution < 1.29 is 15.1 Å². The van der Waals surface area contributed by atoms with Gasteiger partial charge in [-0.1, -0.05) is 41.0 Å². The van der Waals surface area contributed by atoms with Crippen LogP contribution in [0.15, 0.2) is 47.8 Å². The van der Waals surface area contributed by atoms with Gasteiger partial charge in [-0.25, -0.2) is 4.98 Å². The second kappa shape index (κ2) is 7.55. The average molecular weight is 335 g/mol. The molecule has 0 aliphatic carbocycles. The minimum atomic E-state index is -0.979. The van der Waals surface area contributed by atoms with E-state index in [4.69, 9.17) is 21.5 Å². The first-order valence-corrected chi connectivity index (χ1v) is 7.51. The fourth-order valence-electron chi connectivity index (χ4n) is 1.81. The number of nitrogens with zero attached hydrogens (tertiary/aromatic N) is 2. The second-order valence-electron chi connectivity index (χ2n) is 5.75. The Labute approximate surface area is 140 Å². The van der Waals surface area contributed by atoms with Crippen LogP contribution >= 0.6 is 11.6 Å². The first kappa shape index (κ1) is 17.4. The van der Waals surface area contributed by atoms with Gasteiger partial charge in [0.2, 0.25) is 0 Å². The number of hydrogen-bond acceptors (Lipinski definition) is 5. The standard InChI is InChI=1S/C17H19ClN2O3/c1-17(2,22)11-23-20-16(14-7-8-15(18)19-9-14)13-5-3-12(10-21)4-6-13/h3-9,21-22H,10-11H2,1-2H3. The largest absolute Gasteiger partial charge is 0.392 e. The van der Waals surface area contributed by atoms with E-state index in [-0.39, 0.29) is 13.2 Å². The van der Waals surface area contributed by atoms with Crippen molar-refractivity contribution in [3.8, 4) is 0 Å². The van der Waals surface area contributed by atoms with Gasteiger partial charge in [-0.3, -0.25) is 0 Å². The molecule has 2 rings (SSSR count). The normalized spacial score (nSPS) is 12.3. The molecule has 2 aromatic rings. The molecule has 0 aliphatic heterocycles. The molecule has 2 N–H and O–H groups in total. The van der Waals surface area contributed by atoms with Crippen molar-refractivity contribution in [3.63, 3.8) is 0 Å². The first-order chi connectivity index (χ1) is 10.9. The summed E-state index contributed by atoms with van der Waals surface area (Å²) < 4.78 is 0. The molecule has 1 heterocycles. The summed E-state index contributed by atoms with van der Waals surface area (Å²) in [6, 6.07) is 10.8. The molecule has 5 nitrogen and oxygen atoms in total. The van der Waals surface area contributed by atoms with Crippen LogP contribution in [0.25, 0.3) is 0 Å². The zero-order chi connectivity index (χ0) is 16.9. The van der Waals surface area contributed by atoms with E-state index in [0.29, 0.717) is 10.9 Å². The van der Waals surface area contributed by atoms with Crippen LogP contribution in [0, 0.1) is 0 Å². The Morgan fingerprint density at radius 2 is 1.83 bits per heavy atom. The molecule has 0 aliphatic rings. The third-order valence-corrected chi connectivity index (χ3v) is 3.21. The van der Waals surface area contributed by atoms with E-state index in [1.54, 1.807) is 32.2 Å². The van der Waals surface area contributed by atoms with Crippen molar-refractivity contribution in [2.75, 3.05) is 6.61 Å². The number of halogens is 1. The smallest absolute Gasteiger partial charge is 0.145 e. The highest BCUT2D eigenvalue weighted by molar-refractivity contribution is 6.29. The van der Waals surface area contributed by atoms with Gasteiger partial charge in [0.25, 0.3) is 0 Å². The molecule has 0 radical (unpaired) electrons. The lowest BCUT2D eigenvalue weighted by atomic mass is 10.0. The number of rotatable bonds is 6. The number of pyridine rings is 1. The molecule has 23 heavy (non-hydrogen) atoms. The quantitative estimate of drug-likeness (QED) is 0.484. The number of aromatic nitrogens is 1. The number of oxime groups is 1. The van der Waals surface area contributed by atoms with Gasteiger partial charge >= 0.3 is 0 Å². The lowest BCUT2D eigenvalue weighted by molar-refractivity contribution is -0.0189. The minimum Gasteiger partial charge on any atom is -0.392 e. The molecule has 1 aromatic heterocycles. The molecular formula is C17H19ClN2O3. The maximum absolute atomic E-state index is 9.72. The fraction of sp³-hybridized carbons (Fsp3) is 0.294. The number of hydrogen-bond donors (Lipinski definition) is 2. The van der Waals surface area contributed by atoms with Gasteiger partial charge in [0.05, 0.1) is 12.2 Å². The highest BCUT2D eigenvalue weighted by atomic mass is 35.5. The van der Waals surface area contributed by atoms with E-state index in [2.05, 4.69) is 10.1 Å². The van der Waals surface area contributed by atoms with Crippen LogP contribution < -0.4 is 0 Å². The predicted molar refractivity (Wildman–Crippen MR) is 89.5 cm³/mol. The summed E-state index contributed by atoms with van der Waals surface area (Å²) in [6.45, 7) is 3.32. The summed E-state index contributed by atoms with van der Waals surface area (Å²) in [7, 11) is 0. The topological polar surface area (TPSA) is 74.9 Å². The second-order valence-corrected chi connectivity index (χ2v) is 6.14. The van der Waals surface area contributed by atoms with Crippen molar-refractivity contribution in [1.82, 2.24) is 4.98 Å². The lowest BCUT2D eigenvalue weighted by Crippen LogP contribution is -2.25. The number of benzene rings is 1. The zero-order valence-corrected chi connectivity index (χ0v) is 13.8. The van der Waals surface area contributed by atoms with Gasteiger partial charge in [-0.2, -0.15) is 0 Å². The van der Waals surface area contributed by atoms with Crippen molar-refractivity contribution >= 4 is 17.3 Å². The van der Waals surface area contributed by atoms with Gasteiger partial charge in [0, 0.05) is 17.3 Å². The van der Waals surface area contributed by atoms with E-state index in [0.717, 1.165) is 16.7 Å². The molecular weight excluding hydrogens is 316 g/mol. The molecule has 0 saturated carbocycles. The van der Waals surface area contributed by atoms with Gasteiger partial charge in [0.1, 0.15) is 17.5 Å². The van der Waals surface area contributed by atoms with Crippen molar-refractivity contribution in [2.45, 2.75) is 26.1 Å². The van der Waals surface area contributed by atoms with Crippen LogP contribution in [0.2, 0.25) is 5.15 Å². The highest BCUT2D eigenvalue weighted by Crippen LogP contribution is 2.15. The number of aliphatic hydroxyl groups excluding tert-OH is 1. The molecule has 0 spiro atoms. The van der Waals surface area contributed by atoms with Gasteiger partial charge in [-0.15, -0.1) is 0 Å². The van der Waals surface area contributed by atoms with Crippen LogP contribution in [0.4, 0.5) is 0 Å². The summed E-state index contributed by atoms with van der Waals surface area (Å²) >= 11 is 5.82. The minimum absolute atomic E-state index is 0.0234. The Balaban J connectivity index is 2.33. The SMILES string of the molecule is CC(C)(O)CON=C(c1ccc(CO)cc1)c1ccc(Cl)nc1. The molecule has 6 heteroatoms. The third kappa shape index (κ3) is 5.32. The van der Waals surface area contributed by atoms with E-state index in [1.165, 1.54) is 0 Å². The monoisotopic (exact) mass is 334 g/mol. The van der Waals surface area contributed by atoms with Gasteiger partial charge < -0.3 is 15.1 Å². The Morgan fingerprint density at radius 1 is 1.17 bits per heavy atom. The van der Waals surface area contributed by atoms with E-state index < -0.39 is 5.60 Å². The van der Waals surface area contributed by atoms with Crippen LogP contribution in [0.1, 0.15) is 30.5 Å². The van der Waals surface area contributed by atoms with Crippen LogP contribution in [0.5, 0.6) is 0 Å². The molecule has 0 amide bonds. The van der Waals surface area contributed by atoms with Crippen LogP contribution in [-0.4, -0.2) is 33.1 Å². The first-order valence-electron chi connectivity index (χ1n) is 7.13. The zero-order valence-electron chi connectivity index (χ0n) is 13.0. The third-order valence-electron chi connectivity index (χ3n) is 2.98. The predicted octanol–water partition coefficient (Wildman–Crippen LogP) is 2.77. The summed E-state index contributed by atoms with van der Waals surface area (Å²) in [5, 5.41) is 23.4. The van der Waals surface area contributed by atoms with Gasteiger partial charge in [-0.05, 0) is 31.5 Å². The van der Waals surface area contributed by atoms with Crippen molar-refractivity contribution in [1.29, 1.82) is 0 Å². The fourth-order valence-corrected chi connectivity index (χ4v) is 1.92. The molecule has 1 aromatic carbocycles. The Morgan fingerprint density at radius 3 is 2.35 bits per heavy atom. The summed E-state index contributed by atoms with van der Waals surface area (Å²) in [4.78, 5) is 9.34. The molecule has 122 valence electrons. The Hall–Kier alpha value is -1.95. The summed E-state index contributed by atoms with van der Waals surface area (Å²) in [6.07, 6.45) is 1.61. The van der Waals surface area contributed by atoms with E-state index in [1.807, 2.05) is 24.3 Å². The number of aliphatic hydroxyl groups is 2. The van der Waals surface area contributed by atoms with Crippen LogP contribution in [0.3, 0.4) is 0 Å². The Kier molecular flexibility index (Phi) is 5.71. The summed E-state index contributed by atoms with van der Waals surface area (Å²) in [5.74, 6) is 0. The summed E-state index contributed by atoms with van der Waals surface area (Å²) in [5.41, 5.74) is 1.94. The van der Waals surface area contributed by atoms with Gasteiger partial charge in [0.15, 0.2) is 0 Å². The van der Waals surface area contributed by atoms with E-state index >= 15 is 0 Å². The Bertz CT molecular complexity index is 662. The maximum Gasteiger partial charge on any atom is 0.145 e. The van der Waals surface area contributed by atoms with Crippen molar-refractivity contribution in [3.05, 3.63) is 64.4 Å². The highest BCUT2D eigenvalue weighted by Gasteiger charge is 2.14.